The van der Waals surface area contributed by atoms with Crippen molar-refractivity contribution in [2.24, 2.45) is 0 Å². The van der Waals surface area contributed by atoms with E-state index in [2.05, 4.69) is 36.5 Å². The van der Waals surface area contributed by atoms with Gasteiger partial charge in [-0.05, 0) is 103 Å². The minimum absolute atomic E-state index is 0.0275. The Morgan fingerprint density at radius 3 is 2.16 bits per heavy atom. The lowest BCUT2D eigenvalue weighted by atomic mass is 9.98. The number of carbonyl (C=O) groups is 5. The van der Waals surface area contributed by atoms with Crippen LogP contribution in [0.2, 0.25) is 5.02 Å². The summed E-state index contributed by atoms with van der Waals surface area (Å²) in [5.74, 6) is -4.25. The van der Waals surface area contributed by atoms with Crippen LogP contribution in [0, 0.1) is 0 Å². The van der Waals surface area contributed by atoms with Crippen LogP contribution in [-0.2, 0) is 20.8 Å². The van der Waals surface area contributed by atoms with Gasteiger partial charge < -0.3 is 26.0 Å². The minimum atomic E-state index is -1.28. The zero-order chi connectivity index (χ0) is 36.7. The van der Waals surface area contributed by atoms with Crippen molar-refractivity contribution in [3.8, 4) is 5.69 Å². The largest absolute Gasteiger partial charge is 0.478 e. The lowest BCUT2D eigenvalue weighted by molar-refractivity contribution is -0.137. The van der Waals surface area contributed by atoms with Gasteiger partial charge in [0.1, 0.15) is 12.4 Å². The Morgan fingerprint density at radius 1 is 0.863 bits per heavy atom. The van der Waals surface area contributed by atoms with Crippen LogP contribution in [0.5, 0.6) is 0 Å². The van der Waals surface area contributed by atoms with E-state index in [0.29, 0.717) is 28.2 Å². The molecule has 51 heavy (non-hydrogen) atoms. The zero-order valence-corrected chi connectivity index (χ0v) is 28.3. The van der Waals surface area contributed by atoms with Crippen molar-refractivity contribution in [2.45, 2.75) is 38.8 Å². The van der Waals surface area contributed by atoms with E-state index in [4.69, 9.17) is 11.6 Å². The predicted octanol–water partition coefficient (Wildman–Crippen LogP) is 4.16. The minimum Gasteiger partial charge on any atom is -0.478 e. The van der Waals surface area contributed by atoms with Gasteiger partial charge >= 0.3 is 17.8 Å². The third-order valence-corrected chi connectivity index (χ3v) is 7.71. The summed E-state index contributed by atoms with van der Waals surface area (Å²) in [6.07, 6.45) is 4.26. The van der Waals surface area contributed by atoms with Gasteiger partial charge in [0.25, 0.3) is 5.91 Å². The normalized spacial score (nSPS) is 11.6. The fraction of sp³-hybridized carbons (Fsp3) is 0.171. The van der Waals surface area contributed by atoms with E-state index in [9.17, 15) is 29.1 Å². The van der Waals surface area contributed by atoms with Gasteiger partial charge in [-0.25, -0.2) is 4.79 Å². The SMILES string of the molecule is CC(C)(C)N(C(=O)C(Cc1ccc(NC(=O)c2ccncc2)cc1)NC(=O)C(=O)Nc1cc(Cl)ccc1-n1cnnn1)c1ccc(C(=O)O)cc1. The average Bonchev–Trinajstić information content (AvgIpc) is 3.64. The van der Waals surface area contributed by atoms with E-state index in [1.165, 1.54) is 58.6 Å². The molecule has 2 aromatic heterocycles. The van der Waals surface area contributed by atoms with Crippen LogP contribution < -0.4 is 20.9 Å². The molecule has 3 aromatic carbocycles. The number of aromatic carboxylic acids is 1. The molecule has 0 radical (unpaired) electrons. The topological polar surface area (TPSA) is 201 Å². The molecule has 0 aliphatic heterocycles. The molecule has 5 aromatic rings. The van der Waals surface area contributed by atoms with Gasteiger partial charge in [-0.1, -0.05) is 23.7 Å². The molecule has 4 N–H and O–H groups in total. The van der Waals surface area contributed by atoms with Crippen molar-refractivity contribution in [3.63, 3.8) is 0 Å². The number of halogens is 1. The Kier molecular flexibility index (Phi) is 10.8. The molecule has 0 bridgehead atoms. The highest BCUT2D eigenvalue weighted by Gasteiger charge is 2.35. The first-order valence-electron chi connectivity index (χ1n) is 15.4. The Labute approximate surface area is 296 Å². The number of nitrogens with one attached hydrogen (secondary N) is 3. The van der Waals surface area contributed by atoms with Crippen LogP contribution >= 0.6 is 11.6 Å². The summed E-state index contributed by atoms with van der Waals surface area (Å²) >= 11 is 6.17. The van der Waals surface area contributed by atoms with Crippen molar-refractivity contribution >= 4 is 58.3 Å². The average molecular weight is 710 g/mol. The number of benzene rings is 3. The van der Waals surface area contributed by atoms with E-state index < -0.39 is 35.3 Å². The van der Waals surface area contributed by atoms with Gasteiger partial charge in [0.05, 0.1) is 16.9 Å². The second-order valence-electron chi connectivity index (χ2n) is 12.2. The molecule has 0 saturated carbocycles. The molecule has 0 aliphatic carbocycles. The molecule has 16 heteroatoms. The Bertz CT molecular complexity index is 2050. The standard InChI is InChI=1S/C35H32ClN9O6/c1-35(2,3)45(26-11-6-23(7-12-26)34(50)51)33(49)28(18-21-4-9-25(10-5-21)39-30(46)22-14-16-37-17-15-22)41-32(48)31(47)40-27-19-24(36)8-13-29(27)44-20-38-42-43-44/h4-17,19-20,28H,18H2,1-3H3,(H,39,46)(H,40,47)(H,41,48)(H,50,51). The molecule has 1 atom stereocenters. The fourth-order valence-corrected chi connectivity index (χ4v) is 5.28. The number of hydrogen-bond acceptors (Lipinski definition) is 9. The number of rotatable bonds is 10. The second kappa shape index (κ2) is 15.4. The first kappa shape index (κ1) is 35.8. The van der Waals surface area contributed by atoms with Crippen LogP contribution in [0.15, 0.2) is 97.6 Å². The molecular weight excluding hydrogens is 678 g/mol. The maximum Gasteiger partial charge on any atom is 0.335 e. The van der Waals surface area contributed by atoms with E-state index in [1.54, 1.807) is 69.3 Å². The predicted molar refractivity (Wildman–Crippen MR) is 188 cm³/mol. The third kappa shape index (κ3) is 8.96. The summed E-state index contributed by atoms with van der Waals surface area (Å²) < 4.78 is 1.27. The van der Waals surface area contributed by atoms with Crippen molar-refractivity contribution in [2.75, 3.05) is 15.5 Å². The van der Waals surface area contributed by atoms with Crippen molar-refractivity contribution in [1.29, 1.82) is 0 Å². The van der Waals surface area contributed by atoms with E-state index >= 15 is 0 Å². The maximum atomic E-state index is 14.4. The van der Waals surface area contributed by atoms with Gasteiger partial charge in [0.15, 0.2) is 0 Å². The van der Waals surface area contributed by atoms with Crippen molar-refractivity contribution in [1.82, 2.24) is 30.5 Å². The van der Waals surface area contributed by atoms with Gasteiger partial charge in [0.2, 0.25) is 5.91 Å². The maximum absolute atomic E-state index is 14.4. The summed E-state index contributed by atoms with van der Waals surface area (Å²) in [5.41, 5.74) is 1.52. The van der Waals surface area contributed by atoms with Gasteiger partial charge in [-0.2, -0.15) is 4.68 Å². The highest BCUT2D eigenvalue weighted by atomic mass is 35.5. The molecule has 4 amide bonds. The molecule has 0 aliphatic rings. The molecule has 0 fully saturated rings. The lowest BCUT2D eigenvalue weighted by Crippen LogP contribution is -2.57. The van der Waals surface area contributed by atoms with Crippen LogP contribution in [0.25, 0.3) is 5.69 Å². The highest BCUT2D eigenvalue weighted by molar-refractivity contribution is 6.40. The fourth-order valence-electron chi connectivity index (χ4n) is 5.10. The summed E-state index contributed by atoms with van der Waals surface area (Å²) in [7, 11) is 0. The van der Waals surface area contributed by atoms with Crippen LogP contribution in [-0.4, -0.2) is 71.5 Å². The molecule has 1 unspecified atom stereocenters. The van der Waals surface area contributed by atoms with E-state index in [-0.39, 0.29) is 28.6 Å². The number of aromatic nitrogens is 5. The highest BCUT2D eigenvalue weighted by Crippen LogP contribution is 2.27. The van der Waals surface area contributed by atoms with Crippen LogP contribution in [0.3, 0.4) is 0 Å². The number of anilines is 3. The monoisotopic (exact) mass is 709 g/mol. The van der Waals surface area contributed by atoms with Crippen LogP contribution in [0.4, 0.5) is 17.1 Å². The van der Waals surface area contributed by atoms with Gasteiger partial charge in [-0.15, -0.1) is 5.10 Å². The summed E-state index contributed by atoms with van der Waals surface area (Å²) in [6, 6.07) is 18.8. The number of carbonyl (C=O) groups excluding carboxylic acids is 4. The molecule has 5 rings (SSSR count). The molecular formula is C35H32ClN9O6. The number of tetrazole rings is 1. The molecule has 0 spiro atoms. The first-order valence-corrected chi connectivity index (χ1v) is 15.8. The summed E-state index contributed by atoms with van der Waals surface area (Å²) in [5, 5.41) is 28.6. The zero-order valence-electron chi connectivity index (χ0n) is 27.6. The number of amides is 4. The summed E-state index contributed by atoms with van der Waals surface area (Å²) in [6.45, 7) is 5.34. The Balaban J connectivity index is 1.42. The van der Waals surface area contributed by atoms with Gasteiger partial charge in [-0.3, -0.25) is 24.2 Å². The van der Waals surface area contributed by atoms with Gasteiger partial charge in [0, 0.05) is 46.3 Å². The number of carboxylic acid groups (broad SMARTS) is 1. The number of pyridine rings is 1. The number of hydrogen-bond donors (Lipinski definition) is 4. The van der Waals surface area contributed by atoms with E-state index in [0.717, 1.165) is 0 Å². The number of carboxylic acids is 1. The van der Waals surface area contributed by atoms with Crippen LogP contribution in [0.1, 0.15) is 47.1 Å². The lowest BCUT2D eigenvalue weighted by Gasteiger charge is -2.38. The smallest absolute Gasteiger partial charge is 0.335 e. The Hall–Kier alpha value is -6.48. The van der Waals surface area contributed by atoms with Crippen molar-refractivity contribution < 1.29 is 29.1 Å². The summed E-state index contributed by atoms with van der Waals surface area (Å²) in [4.78, 5) is 70.7. The van der Waals surface area contributed by atoms with Crippen molar-refractivity contribution in [3.05, 3.63) is 119 Å². The first-order chi connectivity index (χ1) is 24.3. The third-order valence-electron chi connectivity index (χ3n) is 7.47. The molecule has 260 valence electrons. The van der Waals surface area contributed by atoms with E-state index in [1.807, 2.05) is 0 Å². The second-order valence-corrected chi connectivity index (χ2v) is 12.6. The number of nitrogens with zero attached hydrogens (tertiary/aromatic N) is 6. The molecule has 2 heterocycles. The Morgan fingerprint density at radius 2 is 1.55 bits per heavy atom. The quantitative estimate of drug-likeness (QED) is 0.153. The molecule has 0 saturated heterocycles. The molecule has 15 nitrogen and oxygen atoms in total.